The van der Waals surface area contributed by atoms with Crippen LogP contribution in [0.3, 0.4) is 0 Å². The Morgan fingerprint density at radius 1 is 1.00 bits per heavy atom. The van der Waals surface area contributed by atoms with Crippen LogP contribution in [-0.2, 0) is 14.3 Å². The highest BCUT2D eigenvalue weighted by Crippen LogP contribution is 2.22. The summed E-state index contributed by atoms with van der Waals surface area (Å²) >= 11 is 0. The molecule has 1 aliphatic rings. The Labute approximate surface area is 186 Å². The van der Waals surface area contributed by atoms with E-state index in [9.17, 15) is 14.4 Å². The van der Waals surface area contributed by atoms with Crippen molar-refractivity contribution in [1.29, 1.82) is 0 Å². The van der Waals surface area contributed by atoms with Gasteiger partial charge in [0.2, 0.25) is 0 Å². The number of nitrogens with two attached hydrogens (primary N) is 2. The fourth-order valence-corrected chi connectivity index (χ4v) is 3.26. The average Bonchev–Trinajstić information content (AvgIpc) is 3.32. The van der Waals surface area contributed by atoms with Gasteiger partial charge in [-0.1, -0.05) is 12.1 Å². The van der Waals surface area contributed by atoms with Crippen molar-refractivity contribution in [2.24, 2.45) is 16.5 Å². The molecule has 1 atom stereocenters. The summed E-state index contributed by atoms with van der Waals surface area (Å²) in [5.74, 6) is -1.50. The Morgan fingerprint density at radius 3 is 2.22 bits per heavy atom. The molecule has 2 aromatic carbocycles. The maximum absolute atomic E-state index is 12.3. The Balaban J connectivity index is 1.53. The van der Waals surface area contributed by atoms with E-state index in [1.807, 2.05) is 0 Å². The molecular formula is C23H26N4O5. The molecule has 1 fully saturated rings. The standard InChI is InChI=1S/C23H26N4O5/c1-15(21(29)31-14-20(28)27-12-2-3-13-27)16-6-10-19(11-7-16)32-22(30)17-4-8-18(9-5-17)26-23(24)25/h4-11,15H,2-3,12-14H2,1H3,(H4,24,25,26)/t15-/m0/s1. The van der Waals surface area contributed by atoms with E-state index in [0.717, 1.165) is 12.8 Å². The smallest absolute Gasteiger partial charge is 0.343 e. The Kier molecular flexibility index (Phi) is 7.43. The van der Waals surface area contributed by atoms with Crippen LogP contribution in [0.25, 0.3) is 0 Å². The molecule has 4 N–H and O–H groups in total. The maximum atomic E-state index is 12.3. The van der Waals surface area contributed by atoms with Crippen LogP contribution in [0.4, 0.5) is 5.69 Å². The lowest BCUT2D eigenvalue weighted by Crippen LogP contribution is -2.32. The number of likely N-dealkylation sites (tertiary alicyclic amines) is 1. The van der Waals surface area contributed by atoms with Gasteiger partial charge in [0.25, 0.3) is 5.91 Å². The van der Waals surface area contributed by atoms with Crippen molar-refractivity contribution >= 4 is 29.5 Å². The highest BCUT2D eigenvalue weighted by molar-refractivity contribution is 5.91. The zero-order valence-corrected chi connectivity index (χ0v) is 17.8. The molecule has 0 aromatic heterocycles. The van der Waals surface area contributed by atoms with Gasteiger partial charge in [-0.2, -0.15) is 0 Å². The third-order valence-corrected chi connectivity index (χ3v) is 5.10. The van der Waals surface area contributed by atoms with E-state index >= 15 is 0 Å². The molecule has 0 spiro atoms. The van der Waals surface area contributed by atoms with Gasteiger partial charge in [0.05, 0.1) is 17.2 Å². The summed E-state index contributed by atoms with van der Waals surface area (Å²) in [6.07, 6.45) is 1.96. The summed E-state index contributed by atoms with van der Waals surface area (Å²) in [5.41, 5.74) is 12.2. The van der Waals surface area contributed by atoms with Crippen molar-refractivity contribution in [1.82, 2.24) is 4.90 Å². The van der Waals surface area contributed by atoms with Gasteiger partial charge in [0, 0.05) is 13.1 Å². The molecule has 0 bridgehead atoms. The molecule has 0 radical (unpaired) electrons. The fraction of sp³-hybridized carbons (Fsp3) is 0.304. The number of guanidine groups is 1. The average molecular weight is 438 g/mol. The molecule has 168 valence electrons. The molecule has 9 nitrogen and oxygen atoms in total. The van der Waals surface area contributed by atoms with Crippen molar-refractivity contribution in [3.05, 3.63) is 59.7 Å². The number of carbonyl (C=O) groups excluding carboxylic acids is 3. The minimum Gasteiger partial charge on any atom is -0.455 e. The summed E-state index contributed by atoms with van der Waals surface area (Å²) < 4.78 is 10.5. The van der Waals surface area contributed by atoms with E-state index in [1.54, 1.807) is 60.4 Å². The topological polar surface area (TPSA) is 137 Å². The summed E-state index contributed by atoms with van der Waals surface area (Å²) in [6.45, 7) is 2.88. The number of nitrogens with zero attached hydrogens (tertiary/aromatic N) is 2. The van der Waals surface area contributed by atoms with E-state index in [2.05, 4.69) is 4.99 Å². The maximum Gasteiger partial charge on any atom is 0.343 e. The second-order valence-electron chi connectivity index (χ2n) is 7.46. The third-order valence-electron chi connectivity index (χ3n) is 5.10. The molecule has 32 heavy (non-hydrogen) atoms. The first-order valence-corrected chi connectivity index (χ1v) is 10.3. The van der Waals surface area contributed by atoms with Crippen LogP contribution in [0.1, 0.15) is 41.6 Å². The van der Waals surface area contributed by atoms with Gasteiger partial charge in [0.1, 0.15) is 5.75 Å². The molecule has 9 heteroatoms. The van der Waals surface area contributed by atoms with Gasteiger partial charge in [0.15, 0.2) is 12.6 Å². The number of ether oxygens (including phenoxy) is 2. The van der Waals surface area contributed by atoms with E-state index < -0.39 is 17.9 Å². The summed E-state index contributed by atoms with van der Waals surface area (Å²) in [6, 6.07) is 12.9. The van der Waals surface area contributed by atoms with Crippen molar-refractivity contribution in [3.63, 3.8) is 0 Å². The Hall–Kier alpha value is -3.88. The molecule has 1 heterocycles. The van der Waals surface area contributed by atoms with Gasteiger partial charge in [-0.25, -0.2) is 9.79 Å². The van der Waals surface area contributed by atoms with Crippen LogP contribution < -0.4 is 16.2 Å². The number of amides is 1. The summed E-state index contributed by atoms with van der Waals surface area (Å²) in [4.78, 5) is 42.2. The second-order valence-corrected chi connectivity index (χ2v) is 7.46. The predicted octanol–water partition coefficient (Wildman–Crippen LogP) is 2.08. The lowest BCUT2D eigenvalue weighted by Gasteiger charge is -2.16. The summed E-state index contributed by atoms with van der Waals surface area (Å²) in [7, 11) is 0. The predicted molar refractivity (Wildman–Crippen MR) is 119 cm³/mol. The van der Waals surface area contributed by atoms with Gasteiger partial charge in [-0.05, 0) is 61.7 Å². The van der Waals surface area contributed by atoms with Crippen LogP contribution >= 0.6 is 0 Å². The van der Waals surface area contributed by atoms with Crippen molar-refractivity contribution in [2.45, 2.75) is 25.7 Å². The van der Waals surface area contributed by atoms with Crippen LogP contribution in [0.5, 0.6) is 5.75 Å². The Bertz CT molecular complexity index is 992. The SMILES string of the molecule is C[C@H](C(=O)OCC(=O)N1CCCC1)c1ccc(OC(=O)c2ccc(N=C(N)N)cc2)cc1. The largest absolute Gasteiger partial charge is 0.455 e. The van der Waals surface area contributed by atoms with Crippen molar-refractivity contribution in [3.8, 4) is 5.75 Å². The molecule has 1 aliphatic heterocycles. The highest BCUT2D eigenvalue weighted by atomic mass is 16.5. The zero-order chi connectivity index (χ0) is 23.1. The van der Waals surface area contributed by atoms with Crippen molar-refractivity contribution in [2.75, 3.05) is 19.7 Å². The monoisotopic (exact) mass is 438 g/mol. The first kappa shape index (κ1) is 22.8. The Morgan fingerprint density at radius 2 is 1.62 bits per heavy atom. The first-order chi connectivity index (χ1) is 15.3. The number of carbonyl (C=O) groups is 3. The molecular weight excluding hydrogens is 412 g/mol. The molecule has 2 aromatic rings. The lowest BCUT2D eigenvalue weighted by atomic mass is 10.0. The number of hydrogen-bond acceptors (Lipinski definition) is 6. The molecule has 3 rings (SSSR count). The highest BCUT2D eigenvalue weighted by Gasteiger charge is 2.22. The van der Waals surface area contributed by atoms with Crippen LogP contribution in [0, 0.1) is 0 Å². The number of rotatable bonds is 7. The van der Waals surface area contributed by atoms with E-state index in [4.69, 9.17) is 20.9 Å². The normalized spacial score (nSPS) is 13.8. The molecule has 0 unspecified atom stereocenters. The van der Waals surface area contributed by atoms with Gasteiger partial charge in [-0.15, -0.1) is 0 Å². The third kappa shape index (κ3) is 6.07. The minimum absolute atomic E-state index is 0.0725. The lowest BCUT2D eigenvalue weighted by molar-refractivity contribution is -0.152. The van der Waals surface area contributed by atoms with Crippen LogP contribution in [0.15, 0.2) is 53.5 Å². The first-order valence-electron chi connectivity index (χ1n) is 10.3. The zero-order valence-electron chi connectivity index (χ0n) is 17.8. The number of benzene rings is 2. The van der Waals surface area contributed by atoms with Crippen LogP contribution in [-0.4, -0.2) is 48.4 Å². The molecule has 1 saturated heterocycles. The van der Waals surface area contributed by atoms with Crippen LogP contribution in [0.2, 0.25) is 0 Å². The molecule has 1 amide bonds. The van der Waals surface area contributed by atoms with Gasteiger partial charge in [-0.3, -0.25) is 9.59 Å². The minimum atomic E-state index is -0.561. The van der Waals surface area contributed by atoms with Crippen molar-refractivity contribution < 1.29 is 23.9 Å². The fourth-order valence-electron chi connectivity index (χ4n) is 3.26. The van der Waals surface area contributed by atoms with E-state index in [1.165, 1.54) is 0 Å². The number of hydrogen-bond donors (Lipinski definition) is 2. The summed E-state index contributed by atoms with van der Waals surface area (Å²) in [5, 5.41) is 0. The molecule has 0 aliphatic carbocycles. The quantitative estimate of drug-likeness (QED) is 0.292. The van der Waals surface area contributed by atoms with Gasteiger partial charge < -0.3 is 25.8 Å². The molecule has 0 saturated carbocycles. The van der Waals surface area contributed by atoms with E-state index in [-0.39, 0.29) is 18.5 Å². The number of esters is 2. The van der Waals surface area contributed by atoms with E-state index in [0.29, 0.717) is 35.7 Å². The number of aliphatic imine (C=N–C) groups is 1. The van der Waals surface area contributed by atoms with Gasteiger partial charge >= 0.3 is 11.9 Å². The second kappa shape index (κ2) is 10.4.